The topological polar surface area (TPSA) is 61.8 Å². The van der Waals surface area contributed by atoms with Crippen LogP contribution in [-0.4, -0.2) is 25.3 Å². The van der Waals surface area contributed by atoms with Gasteiger partial charge in [0.1, 0.15) is 5.75 Å². The molecule has 0 saturated heterocycles. The number of para-hydroxylation sites is 1. The van der Waals surface area contributed by atoms with Crippen molar-refractivity contribution in [2.45, 2.75) is 26.7 Å². The van der Waals surface area contributed by atoms with Gasteiger partial charge in [-0.15, -0.1) is 0 Å². The molecule has 0 bridgehead atoms. The van der Waals surface area contributed by atoms with E-state index in [0.29, 0.717) is 18.8 Å². The average molecular weight is 266 g/mol. The Hall–Kier alpha value is -2.04. The van der Waals surface area contributed by atoms with Gasteiger partial charge in [-0.2, -0.15) is 0 Å². The first-order valence-electron chi connectivity index (χ1n) is 6.25. The lowest BCUT2D eigenvalue weighted by Crippen LogP contribution is -2.12. The van der Waals surface area contributed by atoms with Gasteiger partial charge in [0.05, 0.1) is 13.2 Å². The summed E-state index contributed by atoms with van der Waals surface area (Å²) in [4.78, 5) is 22.6. The Bertz CT molecular complexity index is 428. The summed E-state index contributed by atoms with van der Waals surface area (Å²) < 4.78 is 14.6. The fraction of sp³-hybridized carbons (Fsp3) is 0.429. The fourth-order valence-corrected chi connectivity index (χ4v) is 1.52. The van der Waals surface area contributed by atoms with Crippen molar-refractivity contribution in [3.8, 4) is 5.75 Å². The maximum atomic E-state index is 11.3. The second kappa shape index (κ2) is 8.13. The molecule has 0 aliphatic rings. The third kappa shape index (κ3) is 5.42. The molecular formula is C14H18O5. The van der Waals surface area contributed by atoms with Crippen LogP contribution in [0, 0.1) is 0 Å². The van der Waals surface area contributed by atoms with Gasteiger partial charge < -0.3 is 14.2 Å². The molecule has 1 aromatic rings. The lowest BCUT2D eigenvalue weighted by atomic mass is 10.1. The van der Waals surface area contributed by atoms with Crippen LogP contribution in [0.3, 0.4) is 0 Å². The van der Waals surface area contributed by atoms with Crippen LogP contribution in [0.2, 0.25) is 0 Å². The molecular weight excluding hydrogens is 248 g/mol. The molecule has 104 valence electrons. The van der Waals surface area contributed by atoms with Gasteiger partial charge in [0.15, 0.2) is 0 Å². The first-order chi connectivity index (χ1) is 9.17. The monoisotopic (exact) mass is 266 g/mol. The number of carbonyl (C=O) groups is 2. The molecule has 0 N–H and O–H groups in total. The largest absolute Gasteiger partial charge is 0.513 e. The molecule has 0 aliphatic carbocycles. The van der Waals surface area contributed by atoms with Crippen molar-refractivity contribution in [3.63, 3.8) is 0 Å². The molecule has 0 aromatic heterocycles. The highest BCUT2D eigenvalue weighted by Crippen LogP contribution is 2.20. The van der Waals surface area contributed by atoms with E-state index in [-0.39, 0.29) is 19.0 Å². The molecule has 0 saturated carbocycles. The molecule has 1 rings (SSSR count). The van der Waals surface area contributed by atoms with Gasteiger partial charge in [-0.05, 0) is 31.9 Å². The van der Waals surface area contributed by atoms with Crippen molar-refractivity contribution in [1.82, 2.24) is 0 Å². The highest BCUT2D eigenvalue weighted by Gasteiger charge is 2.11. The number of aryl methyl sites for hydroxylation is 1. The Morgan fingerprint density at radius 3 is 2.42 bits per heavy atom. The molecule has 0 unspecified atom stereocenters. The number of hydrogen-bond acceptors (Lipinski definition) is 5. The first-order valence-corrected chi connectivity index (χ1v) is 6.25. The number of esters is 1. The summed E-state index contributed by atoms with van der Waals surface area (Å²) >= 11 is 0. The molecule has 19 heavy (non-hydrogen) atoms. The smallest absolute Gasteiger partial charge is 0.466 e. The van der Waals surface area contributed by atoms with Crippen molar-refractivity contribution in [2.24, 2.45) is 0 Å². The van der Waals surface area contributed by atoms with Crippen molar-refractivity contribution in [1.29, 1.82) is 0 Å². The minimum absolute atomic E-state index is 0.247. The zero-order valence-corrected chi connectivity index (χ0v) is 11.2. The third-order valence-corrected chi connectivity index (χ3v) is 2.33. The molecule has 0 amide bonds. The van der Waals surface area contributed by atoms with E-state index in [1.807, 2.05) is 6.07 Å². The normalized spacial score (nSPS) is 9.79. The van der Waals surface area contributed by atoms with Crippen LogP contribution in [-0.2, 0) is 20.7 Å². The van der Waals surface area contributed by atoms with E-state index in [9.17, 15) is 9.59 Å². The number of rotatable bonds is 6. The summed E-state index contributed by atoms with van der Waals surface area (Å²) in [5, 5.41) is 0. The van der Waals surface area contributed by atoms with E-state index in [0.717, 1.165) is 5.56 Å². The zero-order valence-electron chi connectivity index (χ0n) is 11.2. The van der Waals surface area contributed by atoms with Gasteiger partial charge in [-0.3, -0.25) is 4.79 Å². The molecule has 0 fully saturated rings. The van der Waals surface area contributed by atoms with Crippen LogP contribution in [0.15, 0.2) is 24.3 Å². The van der Waals surface area contributed by atoms with E-state index < -0.39 is 6.16 Å². The summed E-state index contributed by atoms with van der Waals surface area (Å²) in [6.45, 7) is 4.08. The maximum Gasteiger partial charge on any atom is 0.513 e. The van der Waals surface area contributed by atoms with Crippen molar-refractivity contribution in [2.75, 3.05) is 13.2 Å². The molecule has 0 spiro atoms. The summed E-state index contributed by atoms with van der Waals surface area (Å²) in [5.41, 5.74) is 0.767. The molecule has 0 heterocycles. The standard InChI is InChI=1S/C14H18O5/c1-3-17-13(15)10-9-11-7-5-6-8-12(11)19-14(16)18-4-2/h5-8H,3-4,9-10H2,1-2H3. The molecule has 0 aliphatic heterocycles. The van der Waals surface area contributed by atoms with Crippen LogP contribution in [0.4, 0.5) is 4.79 Å². The Labute approximate surface area is 112 Å². The van der Waals surface area contributed by atoms with Crippen LogP contribution in [0.25, 0.3) is 0 Å². The summed E-state index contributed by atoms with van der Waals surface area (Å²) in [5.74, 6) is 0.138. The third-order valence-electron chi connectivity index (χ3n) is 2.33. The predicted octanol–water partition coefficient (Wildman–Crippen LogP) is 2.72. The minimum Gasteiger partial charge on any atom is -0.466 e. The second-order valence-corrected chi connectivity index (χ2v) is 3.70. The highest BCUT2D eigenvalue weighted by atomic mass is 16.7. The fourth-order valence-electron chi connectivity index (χ4n) is 1.52. The Balaban J connectivity index is 2.62. The summed E-state index contributed by atoms with van der Waals surface area (Å²) in [6.07, 6.45) is -0.0445. The van der Waals surface area contributed by atoms with E-state index in [4.69, 9.17) is 14.2 Å². The Morgan fingerprint density at radius 2 is 1.74 bits per heavy atom. The summed E-state index contributed by atoms with van der Waals surface area (Å²) in [7, 11) is 0. The molecule has 0 atom stereocenters. The predicted molar refractivity (Wildman–Crippen MR) is 69.0 cm³/mol. The van der Waals surface area contributed by atoms with Crippen LogP contribution in [0.1, 0.15) is 25.8 Å². The van der Waals surface area contributed by atoms with E-state index in [1.165, 1.54) is 0 Å². The lowest BCUT2D eigenvalue weighted by Gasteiger charge is -2.09. The van der Waals surface area contributed by atoms with Gasteiger partial charge in [0.2, 0.25) is 0 Å². The molecule has 5 nitrogen and oxygen atoms in total. The Kier molecular flexibility index (Phi) is 6.43. The second-order valence-electron chi connectivity index (χ2n) is 3.70. The summed E-state index contributed by atoms with van der Waals surface area (Å²) in [6, 6.07) is 7.03. The van der Waals surface area contributed by atoms with Crippen molar-refractivity contribution < 1.29 is 23.8 Å². The van der Waals surface area contributed by atoms with Crippen LogP contribution < -0.4 is 4.74 Å². The van der Waals surface area contributed by atoms with Crippen molar-refractivity contribution in [3.05, 3.63) is 29.8 Å². The minimum atomic E-state index is -0.744. The van der Waals surface area contributed by atoms with Gasteiger partial charge in [-0.25, -0.2) is 4.79 Å². The van der Waals surface area contributed by atoms with E-state index >= 15 is 0 Å². The van der Waals surface area contributed by atoms with Gasteiger partial charge >= 0.3 is 12.1 Å². The number of carbonyl (C=O) groups excluding carboxylic acids is 2. The molecule has 1 aromatic carbocycles. The lowest BCUT2D eigenvalue weighted by molar-refractivity contribution is -0.143. The van der Waals surface area contributed by atoms with E-state index in [1.54, 1.807) is 32.0 Å². The first kappa shape index (κ1) is 15.0. The van der Waals surface area contributed by atoms with Crippen LogP contribution in [0.5, 0.6) is 5.75 Å². The van der Waals surface area contributed by atoms with Gasteiger partial charge in [0.25, 0.3) is 0 Å². The maximum absolute atomic E-state index is 11.3. The van der Waals surface area contributed by atoms with Gasteiger partial charge in [-0.1, -0.05) is 18.2 Å². The Morgan fingerprint density at radius 1 is 1.05 bits per heavy atom. The SMILES string of the molecule is CCOC(=O)CCc1ccccc1OC(=O)OCC. The van der Waals surface area contributed by atoms with Crippen molar-refractivity contribution >= 4 is 12.1 Å². The molecule has 0 radical (unpaired) electrons. The van der Waals surface area contributed by atoms with Crippen LogP contribution >= 0.6 is 0 Å². The number of ether oxygens (including phenoxy) is 3. The van der Waals surface area contributed by atoms with E-state index in [2.05, 4.69) is 0 Å². The highest BCUT2D eigenvalue weighted by molar-refractivity contribution is 5.70. The quantitative estimate of drug-likeness (QED) is 0.585. The van der Waals surface area contributed by atoms with Gasteiger partial charge in [0, 0.05) is 6.42 Å². The zero-order chi connectivity index (χ0) is 14.1. The number of benzene rings is 1. The average Bonchev–Trinajstić information content (AvgIpc) is 2.38. The molecule has 5 heteroatoms. The number of hydrogen-bond donors (Lipinski definition) is 0.